The maximum absolute atomic E-state index is 6.62. The lowest BCUT2D eigenvalue weighted by Gasteiger charge is -2.43. The van der Waals surface area contributed by atoms with Crippen LogP contribution in [0.2, 0.25) is 15.1 Å². The Morgan fingerprint density at radius 1 is 0.852 bits per heavy atom. The molecule has 0 radical (unpaired) electrons. The average molecular weight is 423 g/mol. The number of rotatable bonds is 3. The lowest BCUT2D eigenvalue weighted by molar-refractivity contribution is -0.00297. The Hall–Kier alpha value is -1.39. The number of benzene rings is 2. The van der Waals surface area contributed by atoms with E-state index in [-0.39, 0.29) is 6.04 Å². The van der Waals surface area contributed by atoms with Gasteiger partial charge in [0.05, 0.1) is 16.8 Å². The third-order valence-corrected chi connectivity index (χ3v) is 5.97. The maximum Gasteiger partial charge on any atom is 0.0997 e. The summed E-state index contributed by atoms with van der Waals surface area (Å²) in [5, 5.41) is 8.92. The topological polar surface area (TPSA) is 9.72 Å². The second-order valence-corrected chi connectivity index (χ2v) is 8.38. The summed E-state index contributed by atoms with van der Waals surface area (Å²) in [6.45, 7) is 4.25. The molecule has 0 saturated carbocycles. The van der Waals surface area contributed by atoms with E-state index in [1.807, 2.05) is 24.3 Å². The summed E-state index contributed by atoms with van der Waals surface area (Å²) in [4.78, 5) is 0. The Bertz CT molecular complexity index is 844. The predicted molar refractivity (Wildman–Crippen MR) is 114 cm³/mol. The molecule has 2 heterocycles. The monoisotopic (exact) mass is 421 g/mol. The molecule has 0 N–H and O–H groups in total. The first kappa shape index (κ1) is 18.9. The van der Waals surface area contributed by atoms with E-state index in [9.17, 15) is 0 Å². The van der Waals surface area contributed by atoms with E-state index in [1.54, 1.807) is 6.07 Å². The fourth-order valence-corrected chi connectivity index (χ4v) is 4.51. The van der Waals surface area contributed by atoms with Crippen molar-refractivity contribution in [3.05, 3.63) is 74.9 Å². The zero-order valence-electron chi connectivity index (χ0n) is 15.2. The molecule has 3 nitrogen and oxygen atoms in total. The lowest BCUT2D eigenvalue weighted by atomic mass is 10.0. The van der Waals surface area contributed by atoms with E-state index in [0.29, 0.717) is 10.0 Å². The van der Waals surface area contributed by atoms with Crippen LogP contribution in [0, 0.1) is 0 Å². The van der Waals surface area contributed by atoms with Crippen molar-refractivity contribution >= 4 is 40.5 Å². The first-order valence-electron chi connectivity index (χ1n) is 9.26. The molecule has 1 atom stereocenters. The van der Waals surface area contributed by atoms with E-state index in [1.165, 1.54) is 30.4 Å². The molecule has 2 aliphatic heterocycles. The van der Waals surface area contributed by atoms with E-state index < -0.39 is 0 Å². The van der Waals surface area contributed by atoms with Crippen LogP contribution >= 0.6 is 34.8 Å². The van der Waals surface area contributed by atoms with Gasteiger partial charge in [-0.2, -0.15) is 0 Å². The Kier molecular flexibility index (Phi) is 5.56. The number of hydrogen-bond acceptors (Lipinski definition) is 3. The Balaban J connectivity index is 1.78. The van der Waals surface area contributed by atoms with Crippen LogP contribution in [0.5, 0.6) is 0 Å². The third-order valence-electron chi connectivity index (χ3n) is 5.18. The molecule has 142 valence electrons. The van der Waals surface area contributed by atoms with Crippen molar-refractivity contribution < 1.29 is 0 Å². The molecule has 27 heavy (non-hydrogen) atoms. The minimum Gasteiger partial charge on any atom is -0.258 e. The number of nitrogens with zero attached hydrogens (tertiary/aromatic N) is 3. The maximum atomic E-state index is 6.62. The van der Waals surface area contributed by atoms with Gasteiger partial charge in [0.15, 0.2) is 0 Å². The molecular formula is C21H22Cl3N3. The van der Waals surface area contributed by atoms with Gasteiger partial charge in [-0.1, -0.05) is 53.4 Å². The molecule has 2 aromatic rings. The Labute approximate surface area is 175 Å². The molecule has 0 amide bonds. The second-order valence-electron chi connectivity index (χ2n) is 7.10. The number of hydrogen-bond donors (Lipinski definition) is 0. The van der Waals surface area contributed by atoms with E-state index in [2.05, 4.69) is 40.4 Å². The standard InChI is InChI=1S/C21H22Cl3N3/c1-15-14-26(25-11-3-2-4-12-25)27(20-10-9-18(23)13-19(20)24)21(15)16-5-7-17(22)8-6-16/h5-10,13-14,21H,2-4,11-12H2,1H3. The molecule has 0 spiro atoms. The number of anilines is 1. The van der Waals surface area contributed by atoms with Gasteiger partial charge in [0.2, 0.25) is 0 Å². The van der Waals surface area contributed by atoms with Gasteiger partial charge in [0, 0.05) is 29.3 Å². The van der Waals surface area contributed by atoms with Crippen LogP contribution < -0.4 is 5.01 Å². The van der Waals surface area contributed by atoms with Crippen LogP contribution in [-0.4, -0.2) is 23.2 Å². The van der Waals surface area contributed by atoms with E-state index in [4.69, 9.17) is 34.8 Å². The molecule has 0 aliphatic carbocycles. The van der Waals surface area contributed by atoms with E-state index >= 15 is 0 Å². The van der Waals surface area contributed by atoms with Crippen molar-refractivity contribution in [2.24, 2.45) is 0 Å². The van der Waals surface area contributed by atoms with Gasteiger partial charge < -0.3 is 0 Å². The lowest BCUT2D eigenvalue weighted by Crippen LogP contribution is -2.50. The SMILES string of the molecule is CC1=CN(N2CCCCC2)N(c2ccc(Cl)cc2Cl)C1c1ccc(Cl)cc1. The van der Waals surface area contributed by atoms with Crippen LogP contribution in [0.1, 0.15) is 37.8 Å². The van der Waals surface area contributed by atoms with Crippen LogP contribution in [0.3, 0.4) is 0 Å². The molecule has 2 aromatic carbocycles. The molecule has 0 aromatic heterocycles. The molecule has 6 heteroatoms. The molecule has 4 rings (SSSR count). The average Bonchev–Trinajstić information content (AvgIpc) is 3.00. The summed E-state index contributed by atoms with van der Waals surface area (Å²) in [7, 11) is 0. The molecule has 1 saturated heterocycles. The van der Waals surface area contributed by atoms with Crippen LogP contribution in [0.4, 0.5) is 5.69 Å². The van der Waals surface area contributed by atoms with Crippen LogP contribution in [0.15, 0.2) is 54.2 Å². The van der Waals surface area contributed by atoms with Crippen molar-refractivity contribution in [1.82, 2.24) is 10.1 Å². The Morgan fingerprint density at radius 2 is 1.52 bits per heavy atom. The minimum absolute atomic E-state index is 0.0582. The van der Waals surface area contributed by atoms with Gasteiger partial charge in [-0.25, -0.2) is 10.1 Å². The van der Waals surface area contributed by atoms with Gasteiger partial charge in [-0.15, -0.1) is 0 Å². The molecule has 1 fully saturated rings. The van der Waals surface area contributed by atoms with Crippen molar-refractivity contribution in [1.29, 1.82) is 0 Å². The summed E-state index contributed by atoms with van der Waals surface area (Å²) in [5.74, 6) is 0. The molecule has 2 aliphatic rings. The summed E-state index contributed by atoms with van der Waals surface area (Å²) in [6.07, 6.45) is 5.92. The normalized spacial score (nSPS) is 20.9. The van der Waals surface area contributed by atoms with Gasteiger partial charge in [0.25, 0.3) is 0 Å². The fourth-order valence-electron chi connectivity index (χ4n) is 3.89. The fraction of sp³-hybridized carbons (Fsp3) is 0.333. The van der Waals surface area contributed by atoms with Gasteiger partial charge in [0.1, 0.15) is 0 Å². The highest BCUT2D eigenvalue weighted by Gasteiger charge is 2.36. The zero-order valence-corrected chi connectivity index (χ0v) is 17.5. The minimum atomic E-state index is 0.0582. The number of hydrazine groups is 2. The van der Waals surface area contributed by atoms with Crippen molar-refractivity contribution in [2.45, 2.75) is 32.2 Å². The molecule has 1 unspecified atom stereocenters. The van der Waals surface area contributed by atoms with Crippen LogP contribution in [-0.2, 0) is 0 Å². The second kappa shape index (κ2) is 7.92. The molecular weight excluding hydrogens is 401 g/mol. The first-order valence-corrected chi connectivity index (χ1v) is 10.4. The summed E-state index contributed by atoms with van der Waals surface area (Å²) < 4.78 is 0. The van der Waals surface area contributed by atoms with Crippen molar-refractivity contribution in [3.8, 4) is 0 Å². The summed E-state index contributed by atoms with van der Waals surface area (Å²) >= 11 is 18.9. The molecule has 0 bridgehead atoms. The van der Waals surface area contributed by atoms with Gasteiger partial charge in [-0.3, -0.25) is 5.01 Å². The van der Waals surface area contributed by atoms with Gasteiger partial charge in [-0.05, 0) is 61.2 Å². The smallest absolute Gasteiger partial charge is 0.0997 e. The highest BCUT2D eigenvalue weighted by Crippen LogP contribution is 2.43. The third kappa shape index (κ3) is 3.79. The Morgan fingerprint density at radius 3 is 2.19 bits per heavy atom. The summed E-state index contributed by atoms with van der Waals surface area (Å²) in [5.41, 5.74) is 3.38. The van der Waals surface area contributed by atoms with Crippen molar-refractivity contribution in [3.63, 3.8) is 0 Å². The van der Waals surface area contributed by atoms with Crippen LogP contribution in [0.25, 0.3) is 0 Å². The first-order chi connectivity index (χ1) is 13.0. The highest BCUT2D eigenvalue weighted by molar-refractivity contribution is 6.36. The number of halogens is 3. The highest BCUT2D eigenvalue weighted by atomic mass is 35.5. The summed E-state index contributed by atoms with van der Waals surface area (Å²) in [6, 6.07) is 13.8. The quantitative estimate of drug-likeness (QED) is 0.543. The van der Waals surface area contributed by atoms with Crippen molar-refractivity contribution in [2.75, 3.05) is 18.1 Å². The largest absolute Gasteiger partial charge is 0.258 e. The number of piperidine rings is 1. The predicted octanol–water partition coefficient (Wildman–Crippen LogP) is 6.73. The zero-order chi connectivity index (χ0) is 19.0. The van der Waals surface area contributed by atoms with Gasteiger partial charge >= 0.3 is 0 Å². The van der Waals surface area contributed by atoms with E-state index in [0.717, 1.165) is 23.8 Å².